The zero-order valence-electron chi connectivity index (χ0n) is 9.70. The molecule has 0 amide bonds. The van der Waals surface area contributed by atoms with Crippen molar-refractivity contribution in [2.75, 3.05) is 0 Å². The Morgan fingerprint density at radius 2 is 1.88 bits per heavy atom. The van der Waals surface area contributed by atoms with Gasteiger partial charge in [0.25, 0.3) is 0 Å². The fourth-order valence-electron chi connectivity index (χ4n) is 1.65. The lowest BCUT2D eigenvalue weighted by Crippen LogP contribution is -2.03. The lowest BCUT2D eigenvalue weighted by atomic mass is 10.0. The molecule has 0 saturated carbocycles. The van der Waals surface area contributed by atoms with E-state index in [1.54, 1.807) is 12.4 Å². The highest BCUT2D eigenvalue weighted by Gasteiger charge is 2.13. The average molecular weight is 290 g/mol. The second kappa shape index (κ2) is 4.80. The molecular weight excluding hydrogens is 278 g/mol. The SMILES string of the molecule is Cc1cncc(C(=O)c2cc(C)ccc2Br)c1. The van der Waals surface area contributed by atoms with E-state index >= 15 is 0 Å². The molecule has 0 radical (unpaired) electrons. The van der Waals surface area contributed by atoms with Crippen molar-refractivity contribution in [1.29, 1.82) is 0 Å². The highest BCUT2D eigenvalue weighted by atomic mass is 79.9. The van der Waals surface area contributed by atoms with Crippen molar-refractivity contribution in [2.24, 2.45) is 0 Å². The number of hydrogen-bond donors (Lipinski definition) is 0. The molecule has 2 aromatic rings. The molecule has 2 nitrogen and oxygen atoms in total. The fraction of sp³-hybridized carbons (Fsp3) is 0.143. The summed E-state index contributed by atoms with van der Waals surface area (Å²) >= 11 is 3.41. The number of benzene rings is 1. The highest BCUT2D eigenvalue weighted by Crippen LogP contribution is 2.21. The summed E-state index contributed by atoms with van der Waals surface area (Å²) in [5.41, 5.74) is 3.35. The van der Waals surface area contributed by atoms with Gasteiger partial charge in [-0.05, 0) is 37.6 Å². The molecule has 0 N–H and O–H groups in total. The molecule has 2 rings (SSSR count). The second-order valence-electron chi connectivity index (χ2n) is 4.06. The first-order valence-corrected chi connectivity index (χ1v) is 6.10. The molecular formula is C14H12BrNO. The van der Waals surface area contributed by atoms with Crippen LogP contribution in [0.2, 0.25) is 0 Å². The van der Waals surface area contributed by atoms with Crippen LogP contribution in [0.5, 0.6) is 0 Å². The number of aryl methyl sites for hydroxylation is 2. The molecule has 0 atom stereocenters. The van der Waals surface area contributed by atoms with Gasteiger partial charge in [-0.2, -0.15) is 0 Å². The maximum absolute atomic E-state index is 12.3. The Kier molecular flexibility index (Phi) is 3.38. The summed E-state index contributed by atoms with van der Waals surface area (Å²) in [6.07, 6.45) is 3.34. The number of carbonyl (C=O) groups is 1. The summed E-state index contributed by atoms with van der Waals surface area (Å²) in [5.74, 6) is -0.00299. The minimum absolute atomic E-state index is 0.00299. The number of rotatable bonds is 2. The number of nitrogens with zero attached hydrogens (tertiary/aromatic N) is 1. The summed E-state index contributed by atoms with van der Waals surface area (Å²) in [6.45, 7) is 3.90. The number of hydrogen-bond acceptors (Lipinski definition) is 2. The van der Waals surface area contributed by atoms with Crippen molar-refractivity contribution >= 4 is 21.7 Å². The molecule has 0 bridgehead atoms. The molecule has 0 fully saturated rings. The molecule has 0 aliphatic carbocycles. The van der Waals surface area contributed by atoms with E-state index < -0.39 is 0 Å². The van der Waals surface area contributed by atoms with Crippen LogP contribution in [0.3, 0.4) is 0 Å². The molecule has 0 unspecified atom stereocenters. The largest absolute Gasteiger partial charge is 0.289 e. The van der Waals surface area contributed by atoms with Gasteiger partial charge in [-0.3, -0.25) is 9.78 Å². The van der Waals surface area contributed by atoms with Gasteiger partial charge >= 0.3 is 0 Å². The van der Waals surface area contributed by atoms with E-state index in [1.165, 1.54) is 0 Å². The Hall–Kier alpha value is -1.48. The van der Waals surface area contributed by atoms with Crippen LogP contribution >= 0.6 is 15.9 Å². The van der Waals surface area contributed by atoms with Crippen LogP contribution in [0.4, 0.5) is 0 Å². The zero-order chi connectivity index (χ0) is 12.4. The van der Waals surface area contributed by atoms with Gasteiger partial charge in [-0.25, -0.2) is 0 Å². The van der Waals surface area contributed by atoms with Gasteiger partial charge < -0.3 is 0 Å². The first kappa shape index (κ1) is 12.0. The molecule has 0 spiro atoms. The molecule has 1 aromatic heterocycles. The standard InChI is InChI=1S/C14H12BrNO/c1-9-3-4-13(15)12(6-9)14(17)11-5-10(2)7-16-8-11/h3-8H,1-2H3. The van der Waals surface area contributed by atoms with Crippen LogP contribution < -0.4 is 0 Å². The fourth-order valence-corrected chi connectivity index (χ4v) is 2.07. The summed E-state index contributed by atoms with van der Waals surface area (Å²) in [5, 5.41) is 0. The third kappa shape index (κ3) is 2.61. The molecule has 0 aliphatic rings. The zero-order valence-corrected chi connectivity index (χ0v) is 11.3. The quantitative estimate of drug-likeness (QED) is 0.789. The molecule has 86 valence electrons. The van der Waals surface area contributed by atoms with Gasteiger partial charge in [-0.1, -0.05) is 27.6 Å². The van der Waals surface area contributed by atoms with Crippen molar-refractivity contribution in [2.45, 2.75) is 13.8 Å². The predicted molar refractivity (Wildman–Crippen MR) is 71.3 cm³/mol. The minimum atomic E-state index is -0.00299. The third-order valence-corrected chi connectivity index (χ3v) is 3.20. The van der Waals surface area contributed by atoms with E-state index in [9.17, 15) is 4.79 Å². The van der Waals surface area contributed by atoms with Crippen LogP contribution in [-0.2, 0) is 0 Å². The number of ketones is 1. The van der Waals surface area contributed by atoms with Crippen LogP contribution in [0.1, 0.15) is 27.0 Å². The Balaban J connectivity index is 2.47. The Morgan fingerprint density at radius 3 is 2.59 bits per heavy atom. The van der Waals surface area contributed by atoms with Crippen LogP contribution in [0.25, 0.3) is 0 Å². The molecule has 0 aliphatic heterocycles. The van der Waals surface area contributed by atoms with Crippen molar-refractivity contribution in [1.82, 2.24) is 4.98 Å². The van der Waals surface area contributed by atoms with E-state index in [-0.39, 0.29) is 5.78 Å². The summed E-state index contributed by atoms with van der Waals surface area (Å²) in [6, 6.07) is 7.60. The smallest absolute Gasteiger partial charge is 0.195 e. The summed E-state index contributed by atoms with van der Waals surface area (Å²) < 4.78 is 0.814. The Labute approximate surface area is 109 Å². The molecule has 0 saturated heterocycles. The topological polar surface area (TPSA) is 30.0 Å². The van der Waals surface area contributed by atoms with Gasteiger partial charge in [-0.15, -0.1) is 0 Å². The lowest BCUT2D eigenvalue weighted by molar-refractivity contribution is 0.103. The molecule has 1 aromatic carbocycles. The van der Waals surface area contributed by atoms with E-state index in [0.717, 1.165) is 15.6 Å². The van der Waals surface area contributed by atoms with Crippen molar-refractivity contribution in [3.63, 3.8) is 0 Å². The van der Waals surface area contributed by atoms with Gasteiger partial charge in [0.2, 0.25) is 0 Å². The van der Waals surface area contributed by atoms with Crippen LogP contribution in [0.15, 0.2) is 41.1 Å². The van der Waals surface area contributed by atoms with E-state index in [1.807, 2.05) is 38.1 Å². The van der Waals surface area contributed by atoms with E-state index in [0.29, 0.717) is 11.1 Å². The number of pyridine rings is 1. The summed E-state index contributed by atoms with van der Waals surface area (Å²) in [4.78, 5) is 16.3. The van der Waals surface area contributed by atoms with Gasteiger partial charge in [0, 0.05) is 28.0 Å². The normalized spacial score (nSPS) is 10.3. The van der Waals surface area contributed by atoms with E-state index in [2.05, 4.69) is 20.9 Å². The van der Waals surface area contributed by atoms with Crippen molar-refractivity contribution < 1.29 is 4.79 Å². The van der Waals surface area contributed by atoms with Crippen molar-refractivity contribution in [3.8, 4) is 0 Å². The second-order valence-corrected chi connectivity index (χ2v) is 4.92. The molecule has 17 heavy (non-hydrogen) atoms. The first-order chi connectivity index (χ1) is 8.08. The van der Waals surface area contributed by atoms with Crippen LogP contribution in [-0.4, -0.2) is 10.8 Å². The number of aromatic nitrogens is 1. The Bertz CT molecular complexity index is 578. The number of carbonyl (C=O) groups excluding carboxylic acids is 1. The van der Waals surface area contributed by atoms with Gasteiger partial charge in [0.15, 0.2) is 5.78 Å². The monoisotopic (exact) mass is 289 g/mol. The Morgan fingerprint density at radius 1 is 1.12 bits per heavy atom. The van der Waals surface area contributed by atoms with Gasteiger partial charge in [0.05, 0.1) is 0 Å². The lowest BCUT2D eigenvalue weighted by Gasteiger charge is -2.05. The third-order valence-electron chi connectivity index (χ3n) is 2.50. The predicted octanol–water partition coefficient (Wildman–Crippen LogP) is 3.69. The maximum Gasteiger partial charge on any atom is 0.195 e. The first-order valence-electron chi connectivity index (χ1n) is 5.30. The number of halogens is 1. The minimum Gasteiger partial charge on any atom is -0.289 e. The maximum atomic E-state index is 12.3. The van der Waals surface area contributed by atoms with Crippen LogP contribution in [0, 0.1) is 13.8 Å². The van der Waals surface area contributed by atoms with E-state index in [4.69, 9.17) is 0 Å². The summed E-state index contributed by atoms with van der Waals surface area (Å²) in [7, 11) is 0. The molecule has 1 heterocycles. The molecule has 3 heteroatoms. The average Bonchev–Trinajstić information content (AvgIpc) is 2.31. The van der Waals surface area contributed by atoms with Gasteiger partial charge in [0.1, 0.15) is 0 Å². The van der Waals surface area contributed by atoms with Crippen molar-refractivity contribution in [3.05, 3.63) is 63.4 Å². The highest BCUT2D eigenvalue weighted by molar-refractivity contribution is 9.10.